The molecule has 1 rings (SSSR count). The molecule has 0 aromatic heterocycles. The largest absolute Gasteiger partial charge is 0.378 e. The molecular weight excluding hydrogens is 246 g/mol. The van der Waals surface area contributed by atoms with Crippen LogP contribution in [-0.2, 0) is 14.3 Å². The molecule has 2 amide bonds. The molecule has 0 aliphatic heterocycles. The normalized spacial score (nSPS) is 28.6. The zero-order valence-electron chi connectivity index (χ0n) is 12.2. The first-order valence-corrected chi connectivity index (χ1v) is 6.68. The Morgan fingerprint density at radius 3 is 2.32 bits per heavy atom. The lowest BCUT2D eigenvalue weighted by atomic mass is 9.54. The van der Waals surface area contributed by atoms with Crippen LogP contribution < -0.4 is 11.5 Å². The minimum atomic E-state index is -0.988. The van der Waals surface area contributed by atoms with Crippen LogP contribution in [-0.4, -0.2) is 48.1 Å². The number of nitrogens with zero attached hydrogens (tertiary/aromatic N) is 1. The van der Waals surface area contributed by atoms with Crippen LogP contribution in [0.15, 0.2) is 0 Å². The maximum absolute atomic E-state index is 12.5. The van der Waals surface area contributed by atoms with E-state index >= 15 is 0 Å². The van der Waals surface area contributed by atoms with Crippen LogP contribution in [0.25, 0.3) is 0 Å². The maximum Gasteiger partial charge on any atom is 0.243 e. The lowest BCUT2D eigenvalue weighted by Crippen LogP contribution is -2.76. The molecule has 0 aromatic rings. The van der Waals surface area contributed by atoms with E-state index in [4.69, 9.17) is 16.2 Å². The third-order valence-corrected chi connectivity index (χ3v) is 4.23. The highest BCUT2D eigenvalue weighted by Gasteiger charge is 2.63. The van der Waals surface area contributed by atoms with Crippen LogP contribution >= 0.6 is 0 Å². The molecule has 6 heteroatoms. The van der Waals surface area contributed by atoms with Crippen molar-refractivity contribution in [3.8, 4) is 0 Å². The average molecular weight is 271 g/mol. The quantitative estimate of drug-likeness (QED) is 0.702. The number of hydrogen-bond donors (Lipinski definition) is 2. The predicted molar refractivity (Wildman–Crippen MR) is 72.2 cm³/mol. The zero-order valence-corrected chi connectivity index (χ0v) is 12.2. The zero-order chi connectivity index (χ0) is 14.8. The summed E-state index contributed by atoms with van der Waals surface area (Å²) in [6, 6.07) is 0. The highest BCUT2D eigenvalue weighted by Crippen LogP contribution is 2.50. The summed E-state index contributed by atoms with van der Waals surface area (Å²) in [6.45, 7) is 8.48. The van der Waals surface area contributed by atoms with Crippen molar-refractivity contribution in [1.29, 1.82) is 0 Å². The van der Waals surface area contributed by atoms with E-state index in [1.54, 1.807) is 6.92 Å². The molecule has 1 saturated carbocycles. The average Bonchev–Trinajstić information content (AvgIpc) is 2.34. The van der Waals surface area contributed by atoms with Gasteiger partial charge in [-0.2, -0.15) is 0 Å². The number of carbonyl (C=O) groups excluding carboxylic acids is 2. The molecule has 0 heterocycles. The Morgan fingerprint density at radius 1 is 1.37 bits per heavy atom. The third kappa shape index (κ3) is 2.60. The Bertz CT molecular complexity index is 370. The van der Waals surface area contributed by atoms with Crippen molar-refractivity contribution < 1.29 is 14.3 Å². The fraction of sp³-hybridized carbons (Fsp3) is 0.846. The summed E-state index contributed by atoms with van der Waals surface area (Å²) in [5.74, 6) is -0.757. The molecule has 1 aliphatic carbocycles. The summed E-state index contributed by atoms with van der Waals surface area (Å²) in [4.78, 5) is 24.9. The molecule has 0 bridgehead atoms. The molecular formula is C13H25N3O3. The van der Waals surface area contributed by atoms with Gasteiger partial charge < -0.3 is 21.1 Å². The topological polar surface area (TPSA) is 98.7 Å². The number of hydrogen-bond acceptors (Lipinski definition) is 4. The van der Waals surface area contributed by atoms with Gasteiger partial charge in [-0.25, -0.2) is 0 Å². The fourth-order valence-electron chi connectivity index (χ4n) is 2.60. The molecule has 0 spiro atoms. The second-order valence-corrected chi connectivity index (χ2v) is 5.63. The summed E-state index contributed by atoms with van der Waals surface area (Å²) >= 11 is 0. The molecule has 4 N–H and O–H groups in total. The highest BCUT2D eigenvalue weighted by molar-refractivity contribution is 5.91. The summed E-state index contributed by atoms with van der Waals surface area (Å²) in [5, 5.41) is 0. The number of likely N-dealkylation sites (N-methyl/N-ethyl adjacent to an activating group) is 1. The van der Waals surface area contributed by atoms with Crippen molar-refractivity contribution in [1.82, 2.24) is 4.90 Å². The van der Waals surface area contributed by atoms with Gasteiger partial charge in [-0.15, -0.1) is 0 Å². The molecule has 0 radical (unpaired) electrons. The van der Waals surface area contributed by atoms with Crippen LogP contribution in [0.4, 0.5) is 0 Å². The summed E-state index contributed by atoms with van der Waals surface area (Å²) in [7, 11) is 0. The van der Waals surface area contributed by atoms with Gasteiger partial charge in [-0.3, -0.25) is 9.59 Å². The fourth-order valence-corrected chi connectivity index (χ4v) is 2.60. The van der Waals surface area contributed by atoms with E-state index in [2.05, 4.69) is 0 Å². The Labute approximate surface area is 114 Å². The van der Waals surface area contributed by atoms with E-state index in [0.29, 0.717) is 19.6 Å². The van der Waals surface area contributed by atoms with E-state index in [1.165, 1.54) is 4.90 Å². The van der Waals surface area contributed by atoms with Crippen LogP contribution in [0.5, 0.6) is 0 Å². The molecule has 1 aliphatic rings. The second-order valence-electron chi connectivity index (χ2n) is 5.63. The van der Waals surface area contributed by atoms with Gasteiger partial charge in [0.15, 0.2) is 0 Å². The van der Waals surface area contributed by atoms with Gasteiger partial charge in [0.25, 0.3) is 0 Å². The Morgan fingerprint density at radius 2 is 1.95 bits per heavy atom. The molecule has 2 atom stereocenters. The first kappa shape index (κ1) is 15.9. The molecule has 0 saturated heterocycles. The third-order valence-electron chi connectivity index (χ3n) is 4.23. The van der Waals surface area contributed by atoms with Crippen LogP contribution in [0, 0.1) is 5.41 Å². The van der Waals surface area contributed by atoms with E-state index in [0.717, 1.165) is 0 Å². The lowest BCUT2D eigenvalue weighted by Gasteiger charge is -2.58. The van der Waals surface area contributed by atoms with Gasteiger partial charge in [0.2, 0.25) is 11.8 Å². The van der Waals surface area contributed by atoms with E-state index in [-0.39, 0.29) is 18.6 Å². The number of primary amides is 1. The van der Waals surface area contributed by atoms with Crippen LogP contribution in [0.2, 0.25) is 0 Å². The summed E-state index contributed by atoms with van der Waals surface area (Å²) < 4.78 is 5.59. The van der Waals surface area contributed by atoms with Gasteiger partial charge in [-0.05, 0) is 13.8 Å². The van der Waals surface area contributed by atoms with Crippen molar-refractivity contribution in [3.63, 3.8) is 0 Å². The van der Waals surface area contributed by atoms with E-state index in [1.807, 2.05) is 20.8 Å². The maximum atomic E-state index is 12.5. The Hall–Kier alpha value is -1.14. The molecule has 19 heavy (non-hydrogen) atoms. The van der Waals surface area contributed by atoms with Crippen LogP contribution in [0.3, 0.4) is 0 Å². The van der Waals surface area contributed by atoms with Crippen molar-refractivity contribution >= 4 is 11.8 Å². The number of nitrogens with two attached hydrogens (primary N) is 2. The smallest absolute Gasteiger partial charge is 0.243 e. The minimum absolute atomic E-state index is 0.0289. The van der Waals surface area contributed by atoms with Crippen LogP contribution in [0.1, 0.15) is 34.1 Å². The first-order valence-electron chi connectivity index (χ1n) is 6.68. The van der Waals surface area contributed by atoms with Gasteiger partial charge in [0, 0.05) is 25.0 Å². The monoisotopic (exact) mass is 271 g/mol. The number of ether oxygens (including phenoxy) is 1. The molecule has 2 unspecified atom stereocenters. The Balaban J connectivity index is 2.84. The number of rotatable bonds is 6. The van der Waals surface area contributed by atoms with E-state index in [9.17, 15) is 9.59 Å². The SMILES string of the molecule is CCOC1CC(N)(C(=O)N(CC)CC(N)=O)C1(C)C. The summed E-state index contributed by atoms with van der Waals surface area (Å²) in [6.07, 6.45) is 0.445. The number of carbonyl (C=O) groups is 2. The van der Waals surface area contributed by atoms with E-state index < -0.39 is 16.9 Å². The van der Waals surface area contributed by atoms with Crippen molar-refractivity contribution in [2.45, 2.75) is 45.8 Å². The van der Waals surface area contributed by atoms with Crippen molar-refractivity contribution in [3.05, 3.63) is 0 Å². The highest BCUT2D eigenvalue weighted by atomic mass is 16.5. The molecule has 110 valence electrons. The van der Waals surface area contributed by atoms with Gasteiger partial charge in [0.05, 0.1) is 12.6 Å². The predicted octanol–water partition coefficient (Wildman–Crippen LogP) is -0.147. The lowest BCUT2D eigenvalue weighted by molar-refractivity contribution is -0.179. The standard InChI is InChI=1S/C13H25N3O3/c1-5-16(8-10(14)17)11(18)13(15)7-9(19-6-2)12(13,3)4/h9H,5-8,15H2,1-4H3,(H2,14,17). The van der Waals surface area contributed by atoms with Gasteiger partial charge >= 0.3 is 0 Å². The summed E-state index contributed by atoms with van der Waals surface area (Å²) in [5.41, 5.74) is 9.99. The molecule has 1 fully saturated rings. The second kappa shape index (κ2) is 5.46. The Kier molecular flexibility index (Phi) is 4.58. The van der Waals surface area contributed by atoms with Crippen molar-refractivity contribution in [2.24, 2.45) is 16.9 Å². The van der Waals surface area contributed by atoms with Gasteiger partial charge in [0.1, 0.15) is 5.54 Å². The number of amides is 2. The minimum Gasteiger partial charge on any atom is -0.378 e. The molecule has 6 nitrogen and oxygen atoms in total. The first-order chi connectivity index (χ1) is 8.70. The van der Waals surface area contributed by atoms with Crippen molar-refractivity contribution in [2.75, 3.05) is 19.7 Å². The van der Waals surface area contributed by atoms with Gasteiger partial charge in [-0.1, -0.05) is 13.8 Å². The molecule has 0 aromatic carbocycles.